The normalized spacial score (nSPS) is 10.9. The number of hydrogen-bond acceptors (Lipinski definition) is 1. The van der Waals surface area contributed by atoms with Gasteiger partial charge in [-0.25, -0.2) is 0 Å². The van der Waals surface area contributed by atoms with Gasteiger partial charge >= 0.3 is 0 Å². The Labute approximate surface area is 72.4 Å². The maximum Gasteiger partial charge on any atom is -0.00748 e. The molecule has 0 rings (SSSR count). The zero-order valence-corrected chi connectivity index (χ0v) is 9.07. The minimum Gasteiger partial charge on any atom is -0.330 e. The van der Waals surface area contributed by atoms with Crippen molar-refractivity contribution < 1.29 is 0 Å². The van der Waals surface area contributed by atoms with Crippen molar-refractivity contribution in [2.75, 3.05) is 6.54 Å². The first-order valence-corrected chi connectivity index (χ1v) is 4.47. The SMILES string of the molecule is CC(C)(C)C.CC(C)CCN. The van der Waals surface area contributed by atoms with E-state index in [1.807, 2.05) is 0 Å². The highest BCUT2D eigenvalue weighted by Gasteiger charge is 1.95. The van der Waals surface area contributed by atoms with Gasteiger partial charge in [-0.2, -0.15) is 0 Å². The summed E-state index contributed by atoms with van der Waals surface area (Å²) in [7, 11) is 0. The zero-order chi connectivity index (χ0) is 9.49. The molecule has 70 valence electrons. The Kier molecular flexibility index (Phi) is 8.20. The fourth-order valence-corrected chi connectivity index (χ4v) is 0.333. The van der Waals surface area contributed by atoms with E-state index >= 15 is 0 Å². The first kappa shape index (κ1) is 13.5. The summed E-state index contributed by atoms with van der Waals surface area (Å²) in [5.74, 6) is 0.773. The first-order valence-electron chi connectivity index (χ1n) is 4.47. The van der Waals surface area contributed by atoms with Crippen molar-refractivity contribution in [2.45, 2.75) is 48.0 Å². The average Bonchev–Trinajstić information content (AvgIpc) is 1.58. The molecule has 0 spiro atoms. The third-order valence-electron chi connectivity index (χ3n) is 0.744. The van der Waals surface area contributed by atoms with Gasteiger partial charge in [0.1, 0.15) is 0 Å². The van der Waals surface area contributed by atoms with Crippen LogP contribution in [-0.4, -0.2) is 6.54 Å². The predicted octanol–water partition coefficient (Wildman–Crippen LogP) is 3.04. The van der Waals surface area contributed by atoms with Crippen molar-refractivity contribution in [3.63, 3.8) is 0 Å². The molecule has 0 saturated carbocycles. The van der Waals surface area contributed by atoms with Gasteiger partial charge in [0, 0.05) is 0 Å². The molecule has 0 bridgehead atoms. The minimum atomic E-state index is 0.500. The van der Waals surface area contributed by atoms with Crippen LogP contribution >= 0.6 is 0 Å². The topological polar surface area (TPSA) is 26.0 Å². The van der Waals surface area contributed by atoms with E-state index < -0.39 is 0 Å². The Balaban J connectivity index is 0. The van der Waals surface area contributed by atoms with E-state index in [1.165, 1.54) is 0 Å². The van der Waals surface area contributed by atoms with Gasteiger partial charge in [-0.3, -0.25) is 0 Å². The van der Waals surface area contributed by atoms with Crippen LogP contribution in [0.1, 0.15) is 48.0 Å². The zero-order valence-electron chi connectivity index (χ0n) is 9.07. The molecule has 0 fully saturated rings. The number of rotatable bonds is 2. The highest BCUT2D eigenvalue weighted by Crippen LogP contribution is 2.08. The molecule has 0 aromatic carbocycles. The van der Waals surface area contributed by atoms with Crippen LogP contribution in [0.2, 0.25) is 0 Å². The van der Waals surface area contributed by atoms with Crippen molar-refractivity contribution in [3.8, 4) is 0 Å². The van der Waals surface area contributed by atoms with E-state index in [1.54, 1.807) is 0 Å². The minimum absolute atomic E-state index is 0.500. The number of hydrogen-bond donors (Lipinski definition) is 1. The molecule has 0 atom stereocenters. The summed E-state index contributed by atoms with van der Waals surface area (Å²) in [4.78, 5) is 0. The molecule has 0 heterocycles. The van der Waals surface area contributed by atoms with Gasteiger partial charge < -0.3 is 5.73 Å². The molecule has 0 saturated heterocycles. The third kappa shape index (κ3) is 72.0. The molecule has 0 radical (unpaired) electrons. The molecule has 0 aliphatic heterocycles. The predicted molar refractivity (Wildman–Crippen MR) is 53.6 cm³/mol. The van der Waals surface area contributed by atoms with Crippen molar-refractivity contribution in [2.24, 2.45) is 17.1 Å². The van der Waals surface area contributed by atoms with Crippen LogP contribution in [0.25, 0.3) is 0 Å². The Hall–Kier alpha value is -0.0400. The Morgan fingerprint density at radius 3 is 1.36 bits per heavy atom. The Morgan fingerprint density at radius 1 is 1.09 bits per heavy atom. The van der Waals surface area contributed by atoms with E-state index in [4.69, 9.17) is 5.73 Å². The smallest absolute Gasteiger partial charge is 0.00748 e. The van der Waals surface area contributed by atoms with Crippen LogP contribution in [-0.2, 0) is 0 Å². The second-order valence-electron chi connectivity index (χ2n) is 4.97. The maximum absolute atomic E-state index is 5.23. The monoisotopic (exact) mass is 159 g/mol. The van der Waals surface area contributed by atoms with E-state index in [9.17, 15) is 0 Å². The Bertz CT molecular complexity index is 63.4. The molecule has 11 heavy (non-hydrogen) atoms. The highest BCUT2D eigenvalue weighted by atomic mass is 14.5. The summed E-state index contributed by atoms with van der Waals surface area (Å²) in [5, 5.41) is 0. The molecule has 0 aliphatic carbocycles. The van der Waals surface area contributed by atoms with Gasteiger partial charge in [-0.05, 0) is 24.3 Å². The van der Waals surface area contributed by atoms with Gasteiger partial charge in [-0.1, -0.05) is 41.5 Å². The van der Waals surface area contributed by atoms with E-state index in [0.717, 1.165) is 18.9 Å². The molecular weight excluding hydrogens is 134 g/mol. The lowest BCUT2D eigenvalue weighted by atomic mass is 10.0. The van der Waals surface area contributed by atoms with E-state index in [0.29, 0.717) is 5.41 Å². The molecule has 1 nitrogen and oxygen atoms in total. The van der Waals surface area contributed by atoms with Crippen LogP contribution < -0.4 is 5.73 Å². The lowest BCUT2D eigenvalue weighted by Crippen LogP contribution is -2.01. The molecule has 0 aliphatic rings. The van der Waals surface area contributed by atoms with Crippen LogP contribution in [0.15, 0.2) is 0 Å². The van der Waals surface area contributed by atoms with Crippen LogP contribution in [0.3, 0.4) is 0 Å². The van der Waals surface area contributed by atoms with Gasteiger partial charge in [0.05, 0.1) is 0 Å². The van der Waals surface area contributed by atoms with Crippen LogP contribution in [0, 0.1) is 11.3 Å². The molecule has 0 aromatic rings. The van der Waals surface area contributed by atoms with E-state index in [-0.39, 0.29) is 0 Å². The molecular formula is C10H25N. The standard InChI is InChI=1S/C5H13N.C5H12/c1-5(2)3-4-6;1-5(2,3)4/h5H,3-4,6H2,1-2H3;1-4H3. The third-order valence-corrected chi connectivity index (χ3v) is 0.744. The summed E-state index contributed by atoms with van der Waals surface area (Å²) >= 11 is 0. The van der Waals surface area contributed by atoms with Crippen molar-refractivity contribution in [1.29, 1.82) is 0 Å². The van der Waals surface area contributed by atoms with Crippen molar-refractivity contribution in [3.05, 3.63) is 0 Å². The Morgan fingerprint density at radius 2 is 1.36 bits per heavy atom. The fraction of sp³-hybridized carbons (Fsp3) is 1.00. The van der Waals surface area contributed by atoms with Crippen LogP contribution in [0.5, 0.6) is 0 Å². The maximum atomic E-state index is 5.23. The summed E-state index contributed by atoms with van der Waals surface area (Å²) in [6, 6.07) is 0. The summed E-state index contributed by atoms with van der Waals surface area (Å²) in [6.45, 7) is 13.9. The van der Waals surface area contributed by atoms with Gasteiger partial charge in [0.25, 0.3) is 0 Å². The van der Waals surface area contributed by atoms with Crippen LogP contribution in [0.4, 0.5) is 0 Å². The molecule has 0 aromatic heterocycles. The van der Waals surface area contributed by atoms with Crippen molar-refractivity contribution >= 4 is 0 Å². The summed E-state index contributed by atoms with van der Waals surface area (Å²) in [6.07, 6.45) is 1.15. The molecule has 0 unspecified atom stereocenters. The largest absolute Gasteiger partial charge is 0.330 e. The average molecular weight is 159 g/mol. The van der Waals surface area contributed by atoms with Gasteiger partial charge in [0.15, 0.2) is 0 Å². The summed E-state index contributed by atoms with van der Waals surface area (Å²) in [5.41, 5.74) is 5.73. The number of nitrogens with two attached hydrogens (primary N) is 1. The lowest BCUT2D eigenvalue weighted by Gasteiger charge is -2.05. The first-order chi connectivity index (χ1) is 4.77. The quantitative estimate of drug-likeness (QED) is 0.658. The van der Waals surface area contributed by atoms with Crippen molar-refractivity contribution in [1.82, 2.24) is 0 Å². The second kappa shape index (κ2) is 6.66. The lowest BCUT2D eigenvalue weighted by molar-refractivity contribution is 0.469. The molecule has 0 amide bonds. The molecule has 1 heteroatoms. The van der Waals surface area contributed by atoms with Gasteiger partial charge in [0.2, 0.25) is 0 Å². The van der Waals surface area contributed by atoms with E-state index in [2.05, 4.69) is 41.5 Å². The highest BCUT2D eigenvalue weighted by molar-refractivity contribution is 4.47. The summed E-state index contributed by atoms with van der Waals surface area (Å²) < 4.78 is 0. The molecule has 2 N–H and O–H groups in total. The second-order valence-corrected chi connectivity index (χ2v) is 4.97. The van der Waals surface area contributed by atoms with Gasteiger partial charge in [-0.15, -0.1) is 0 Å². The fourth-order valence-electron chi connectivity index (χ4n) is 0.333.